The fourth-order valence-electron chi connectivity index (χ4n) is 2.69. The van der Waals surface area contributed by atoms with Crippen LogP contribution >= 0.6 is 0 Å². The fraction of sp³-hybridized carbons (Fsp3) is 0.211. The number of hydrogen-bond acceptors (Lipinski definition) is 6. The number of nitro groups is 1. The number of nitrogens with one attached hydrogen (secondary N) is 1. The minimum atomic E-state index is -1.08. The van der Waals surface area contributed by atoms with E-state index in [4.69, 9.17) is 0 Å². The van der Waals surface area contributed by atoms with Crippen molar-refractivity contribution in [3.05, 3.63) is 74.8 Å². The molecule has 1 amide bonds. The molecule has 0 saturated heterocycles. The van der Waals surface area contributed by atoms with Crippen LogP contribution in [0.2, 0.25) is 0 Å². The maximum atomic E-state index is 13.9. The third-order valence-corrected chi connectivity index (χ3v) is 4.34. The van der Waals surface area contributed by atoms with Crippen LogP contribution in [0.15, 0.2) is 36.4 Å². The normalized spacial score (nSPS) is 12.0. The average Bonchev–Trinajstić information content (AvgIpc) is 2.66. The summed E-state index contributed by atoms with van der Waals surface area (Å²) < 4.78 is 13.9. The Morgan fingerprint density at radius 3 is 2.50 bits per heavy atom. The van der Waals surface area contributed by atoms with E-state index in [1.807, 2.05) is 0 Å². The Kier molecular flexibility index (Phi) is 5.27. The number of aliphatic hydroxyl groups is 1. The molecule has 0 bridgehead atoms. The van der Waals surface area contributed by atoms with Crippen LogP contribution in [0.4, 0.5) is 10.1 Å². The first-order chi connectivity index (χ1) is 13.3. The van der Waals surface area contributed by atoms with Gasteiger partial charge in [-0.1, -0.05) is 0 Å². The van der Waals surface area contributed by atoms with Crippen molar-refractivity contribution in [1.82, 2.24) is 15.3 Å². The van der Waals surface area contributed by atoms with E-state index in [0.717, 1.165) is 6.07 Å². The van der Waals surface area contributed by atoms with Gasteiger partial charge in [0, 0.05) is 24.7 Å². The number of fused-ring (bicyclic) bond motifs is 1. The number of hydrogen-bond donors (Lipinski definition) is 2. The molecule has 3 rings (SSSR count). The zero-order valence-corrected chi connectivity index (χ0v) is 15.1. The summed E-state index contributed by atoms with van der Waals surface area (Å²) in [7, 11) is 0. The molecular weight excluding hydrogens is 367 g/mol. The highest BCUT2D eigenvalue weighted by atomic mass is 19.1. The number of aliphatic hydroxyl groups excluding tert-OH is 1. The van der Waals surface area contributed by atoms with Crippen molar-refractivity contribution in [3.63, 3.8) is 0 Å². The number of nitro benzene ring substituents is 1. The molecule has 3 aromatic rings. The molecule has 0 aliphatic rings. The van der Waals surface area contributed by atoms with Gasteiger partial charge in [-0.25, -0.2) is 14.4 Å². The van der Waals surface area contributed by atoms with Crippen LogP contribution in [0.1, 0.15) is 33.4 Å². The van der Waals surface area contributed by atoms with E-state index in [-0.39, 0.29) is 28.8 Å². The van der Waals surface area contributed by atoms with Gasteiger partial charge in [-0.3, -0.25) is 14.9 Å². The second-order valence-electron chi connectivity index (χ2n) is 6.29. The Bertz CT molecular complexity index is 1070. The Balaban J connectivity index is 1.79. The molecule has 0 saturated carbocycles. The summed E-state index contributed by atoms with van der Waals surface area (Å²) in [6, 6.07) is 7.62. The maximum Gasteiger partial charge on any atom is 0.269 e. The van der Waals surface area contributed by atoms with Crippen LogP contribution in [-0.4, -0.2) is 32.4 Å². The third kappa shape index (κ3) is 3.94. The van der Waals surface area contributed by atoms with Crippen LogP contribution in [0, 0.1) is 29.8 Å². The van der Waals surface area contributed by atoms with E-state index in [1.165, 1.54) is 30.3 Å². The minimum absolute atomic E-state index is 0.0153. The van der Waals surface area contributed by atoms with Crippen molar-refractivity contribution < 1.29 is 19.2 Å². The lowest BCUT2D eigenvalue weighted by molar-refractivity contribution is -0.384. The number of aryl methyl sites for hydroxylation is 2. The zero-order valence-electron chi connectivity index (χ0n) is 15.1. The van der Waals surface area contributed by atoms with E-state index in [9.17, 15) is 24.4 Å². The summed E-state index contributed by atoms with van der Waals surface area (Å²) in [5.41, 5.74) is 2.12. The van der Waals surface area contributed by atoms with E-state index in [0.29, 0.717) is 17.0 Å². The van der Waals surface area contributed by atoms with Crippen molar-refractivity contribution in [2.45, 2.75) is 20.0 Å². The summed E-state index contributed by atoms with van der Waals surface area (Å²) in [6.45, 7) is 3.32. The standard InChI is InChI=1S/C19H17FN4O4/c1-10-11(2)23-18-15(7-13(20)8-16(18)22-10)19(26)21-9-17(25)12-3-5-14(6-4-12)24(27)28/h3-8,17,25H,9H2,1-2H3,(H,21,26). The predicted molar refractivity (Wildman–Crippen MR) is 99.4 cm³/mol. The van der Waals surface area contributed by atoms with Gasteiger partial charge in [0.1, 0.15) is 11.3 Å². The molecule has 144 valence electrons. The molecule has 0 radical (unpaired) electrons. The molecule has 1 unspecified atom stereocenters. The number of halogens is 1. The van der Waals surface area contributed by atoms with Crippen molar-refractivity contribution >= 4 is 22.6 Å². The minimum Gasteiger partial charge on any atom is -0.387 e. The SMILES string of the molecule is Cc1nc2cc(F)cc(C(=O)NCC(O)c3ccc([N+](=O)[O-])cc3)c2nc1C. The van der Waals surface area contributed by atoms with E-state index >= 15 is 0 Å². The lowest BCUT2D eigenvalue weighted by Crippen LogP contribution is -2.29. The van der Waals surface area contributed by atoms with Crippen LogP contribution in [-0.2, 0) is 0 Å². The highest BCUT2D eigenvalue weighted by Gasteiger charge is 2.17. The molecule has 2 N–H and O–H groups in total. The van der Waals surface area contributed by atoms with Crippen molar-refractivity contribution in [2.24, 2.45) is 0 Å². The highest BCUT2D eigenvalue weighted by molar-refractivity contribution is 6.04. The second kappa shape index (κ2) is 7.65. The lowest BCUT2D eigenvalue weighted by atomic mass is 10.1. The number of rotatable bonds is 5. The summed E-state index contributed by atoms with van der Waals surface area (Å²) in [4.78, 5) is 31.3. The second-order valence-corrected chi connectivity index (χ2v) is 6.29. The monoisotopic (exact) mass is 384 g/mol. The van der Waals surface area contributed by atoms with Crippen molar-refractivity contribution in [2.75, 3.05) is 6.54 Å². The zero-order chi connectivity index (χ0) is 20.4. The van der Waals surface area contributed by atoms with Gasteiger partial charge in [-0.15, -0.1) is 0 Å². The van der Waals surface area contributed by atoms with Crippen LogP contribution in [0.3, 0.4) is 0 Å². The van der Waals surface area contributed by atoms with Gasteiger partial charge in [-0.05, 0) is 37.6 Å². The van der Waals surface area contributed by atoms with Crippen molar-refractivity contribution in [3.8, 4) is 0 Å². The molecule has 8 nitrogen and oxygen atoms in total. The fourth-order valence-corrected chi connectivity index (χ4v) is 2.69. The van der Waals surface area contributed by atoms with Crippen molar-refractivity contribution in [1.29, 1.82) is 0 Å². The lowest BCUT2D eigenvalue weighted by Gasteiger charge is -2.13. The smallest absolute Gasteiger partial charge is 0.269 e. The molecule has 1 heterocycles. The number of carbonyl (C=O) groups excluding carboxylic acids is 1. The first-order valence-corrected chi connectivity index (χ1v) is 8.41. The van der Waals surface area contributed by atoms with Gasteiger partial charge >= 0.3 is 0 Å². The molecular formula is C19H17FN4O4. The molecule has 9 heteroatoms. The van der Waals surface area contributed by atoms with Crippen LogP contribution in [0.5, 0.6) is 0 Å². The largest absolute Gasteiger partial charge is 0.387 e. The molecule has 1 atom stereocenters. The molecule has 0 aliphatic carbocycles. The van der Waals surface area contributed by atoms with E-state index < -0.39 is 22.8 Å². The summed E-state index contributed by atoms with van der Waals surface area (Å²) in [6.07, 6.45) is -1.08. The molecule has 0 fully saturated rings. The average molecular weight is 384 g/mol. The molecule has 1 aromatic heterocycles. The predicted octanol–water partition coefficient (Wildman–Crippen LogP) is 2.76. The number of non-ortho nitro benzene ring substituents is 1. The van der Waals surface area contributed by atoms with Gasteiger partial charge in [0.2, 0.25) is 0 Å². The Morgan fingerprint density at radius 1 is 1.21 bits per heavy atom. The van der Waals surface area contributed by atoms with Gasteiger partial charge in [-0.2, -0.15) is 0 Å². The van der Waals surface area contributed by atoms with Crippen LogP contribution in [0.25, 0.3) is 11.0 Å². The number of carbonyl (C=O) groups is 1. The first kappa shape index (κ1) is 19.3. The Hall–Kier alpha value is -3.46. The number of nitrogens with zero attached hydrogens (tertiary/aromatic N) is 3. The maximum absolute atomic E-state index is 13.9. The molecule has 2 aromatic carbocycles. The third-order valence-electron chi connectivity index (χ3n) is 4.34. The molecule has 0 spiro atoms. The Labute approximate surface area is 159 Å². The number of benzene rings is 2. The van der Waals surface area contributed by atoms with Crippen LogP contribution < -0.4 is 5.32 Å². The molecule has 0 aliphatic heterocycles. The summed E-state index contributed by atoms with van der Waals surface area (Å²) >= 11 is 0. The highest BCUT2D eigenvalue weighted by Crippen LogP contribution is 2.20. The van der Waals surface area contributed by atoms with E-state index in [1.54, 1.807) is 13.8 Å². The first-order valence-electron chi connectivity index (χ1n) is 8.41. The molecule has 28 heavy (non-hydrogen) atoms. The van der Waals surface area contributed by atoms with E-state index in [2.05, 4.69) is 15.3 Å². The van der Waals surface area contributed by atoms with Gasteiger partial charge in [0.25, 0.3) is 11.6 Å². The Morgan fingerprint density at radius 2 is 1.86 bits per heavy atom. The quantitative estimate of drug-likeness (QED) is 0.516. The number of amides is 1. The summed E-state index contributed by atoms with van der Waals surface area (Å²) in [5.74, 6) is -1.23. The van der Waals surface area contributed by atoms with Gasteiger partial charge < -0.3 is 10.4 Å². The summed E-state index contributed by atoms with van der Waals surface area (Å²) in [5, 5.41) is 23.4. The van der Waals surface area contributed by atoms with Gasteiger partial charge in [0.15, 0.2) is 0 Å². The number of aromatic nitrogens is 2. The topological polar surface area (TPSA) is 118 Å². The van der Waals surface area contributed by atoms with Gasteiger partial charge in [0.05, 0.1) is 33.5 Å².